The number of carbonyl (C=O) groups excluding carboxylic acids is 2. The minimum Gasteiger partial charge on any atom is -0.547 e. The molecule has 0 aromatic rings. The molecule has 0 bridgehead atoms. The summed E-state index contributed by atoms with van der Waals surface area (Å²) in [5.41, 5.74) is 0. The van der Waals surface area contributed by atoms with Crippen molar-refractivity contribution >= 4 is 49.7 Å². The molecular formula is C14H30CaO18. The summed E-state index contributed by atoms with van der Waals surface area (Å²) in [6, 6.07) is 0. The molecule has 0 spiro atoms. The second-order valence-corrected chi connectivity index (χ2v) is 5.97. The first-order chi connectivity index (χ1) is 13.6. The van der Waals surface area contributed by atoms with Crippen LogP contribution in [0.1, 0.15) is 0 Å². The zero-order valence-electron chi connectivity index (χ0n) is 16.9. The van der Waals surface area contributed by atoms with E-state index in [1.54, 1.807) is 0 Å². The number of aliphatic carboxylic acids is 2. The molecule has 0 aliphatic heterocycles. The van der Waals surface area contributed by atoms with E-state index < -0.39 is 86.2 Å². The normalized spacial score (nSPS) is 19.5. The Labute approximate surface area is 215 Å². The summed E-state index contributed by atoms with van der Waals surface area (Å²) in [5.74, 6) is -4.07. The molecule has 0 fully saturated rings. The van der Waals surface area contributed by atoms with Crippen molar-refractivity contribution in [3.8, 4) is 0 Å². The van der Waals surface area contributed by atoms with E-state index in [0.29, 0.717) is 0 Å². The van der Waals surface area contributed by atoms with Gasteiger partial charge < -0.3 is 92.0 Å². The number of hydrogen-bond acceptors (Lipinski definition) is 16. The van der Waals surface area contributed by atoms with Gasteiger partial charge in [0.15, 0.2) is 0 Å². The van der Waals surface area contributed by atoms with E-state index in [2.05, 4.69) is 0 Å². The van der Waals surface area contributed by atoms with Crippen LogP contribution in [0.3, 0.4) is 0 Å². The molecule has 19 heteroatoms. The number of carboxylic acids is 2. The topological polar surface area (TPSA) is 386 Å². The molecule has 18 nitrogen and oxygen atoms in total. The maximum Gasteiger partial charge on any atom is 2.00 e. The quantitative estimate of drug-likeness (QED) is 0.105. The molecule has 0 radical (unpaired) electrons. The van der Waals surface area contributed by atoms with Crippen molar-refractivity contribution in [1.29, 1.82) is 0 Å². The summed E-state index contributed by atoms with van der Waals surface area (Å²) in [4.78, 5) is 20.2. The smallest absolute Gasteiger partial charge is 0.547 e. The third-order valence-electron chi connectivity index (χ3n) is 3.69. The zero-order valence-corrected chi connectivity index (χ0v) is 19.1. The molecule has 0 aromatic heterocycles. The Bertz CT molecular complexity index is 467. The average molecular weight is 526 g/mol. The Balaban J connectivity index is -0.000000145. The number of carboxylic acid groups (broad SMARTS) is 2. The van der Waals surface area contributed by atoms with Crippen LogP contribution in [0, 0.1) is 0 Å². The Hall–Kier alpha value is -0.360. The summed E-state index contributed by atoms with van der Waals surface area (Å²) in [5, 5.41) is 126. The van der Waals surface area contributed by atoms with Crippen molar-refractivity contribution in [1.82, 2.24) is 0 Å². The van der Waals surface area contributed by atoms with Gasteiger partial charge >= 0.3 is 37.7 Å². The Morgan fingerprint density at radius 1 is 0.515 bits per heavy atom. The van der Waals surface area contributed by atoms with Gasteiger partial charge in [0, 0.05) is 0 Å². The molecule has 0 aromatic carbocycles. The van der Waals surface area contributed by atoms with Crippen molar-refractivity contribution < 1.29 is 92.0 Å². The van der Waals surface area contributed by atoms with Crippen molar-refractivity contribution in [3.05, 3.63) is 0 Å². The Morgan fingerprint density at radius 2 is 0.727 bits per heavy atom. The van der Waals surface area contributed by atoms with Gasteiger partial charge in [-0.25, -0.2) is 0 Å². The molecule has 0 amide bonds. The van der Waals surface area contributed by atoms with Crippen LogP contribution in [0.5, 0.6) is 0 Å². The molecule has 16 N–H and O–H groups in total. The molecule has 0 saturated heterocycles. The second kappa shape index (κ2) is 21.0. The largest absolute Gasteiger partial charge is 2.00 e. The first-order valence-corrected chi connectivity index (χ1v) is 8.09. The van der Waals surface area contributed by atoms with E-state index in [4.69, 9.17) is 61.3 Å². The maximum atomic E-state index is 10.1. The summed E-state index contributed by atoms with van der Waals surface area (Å²) in [6.07, 6.45) is -21.0. The van der Waals surface area contributed by atoms with Crippen LogP contribution in [0.25, 0.3) is 0 Å². The van der Waals surface area contributed by atoms with Crippen LogP contribution in [0.4, 0.5) is 0 Å². The second-order valence-electron chi connectivity index (χ2n) is 5.97. The minimum atomic E-state index is -2.40. The third kappa shape index (κ3) is 14.6. The van der Waals surface area contributed by atoms with E-state index in [1.807, 2.05) is 0 Å². The minimum absolute atomic E-state index is 0. The van der Waals surface area contributed by atoms with Gasteiger partial charge in [-0.15, -0.1) is 0 Å². The summed E-state index contributed by atoms with van der Waals surface area (Å²) < 4.78 is 0. The number of aliphatic hydroxyl groups excluding tert-OH is 12. The molecule has 33 heavy (non-hydrogen) atoms. The molecule has 0 aliphatic carbocycles. The molecule has 10 atom stereocenters. The predicted octanol–water partition coefficient (Wildman–Crippen LogP) is -13.0. The van der Waals surface area contributed by atoms with E-state index in [-0.39, 0.29) is 48.7 Å². The zero-order chi connectivity index (χ0) is 24.3. The van der Waals surface area contributed by atoms with Crippen LogP contribution in [0.2, 0.25) is 0 Å². The van der Waals surface area contributed by atoms with Gasteiger partial charge in [-0.2, -0.15) is 0 Å². The standard InChI is InChI=1S/2C7H14O8.Ca.2H2O/c2*8-1-2(9)3(10)4(11)5(12)6(13)7(14)15;;;/h2*2-6,8-13H,1H2,(H,14,15);;2*1H2/q;;+2;;/p-2/t2*2-,3-,4+,5-,6-;;;/m11.../s1. The van der Waals surface area contributed by atoms with E-state index >= 15 is 0 Å². The molecule has 0 heterocycles. The van der Waals surface area contributed by atoms with Crippen molar-refractivity contribution in [2.24, 2.45) is 0 Å². The summed E-state index contributed by atoms with van der Waals surface area (Å²) in [6.45, 7) is -1.79. The van der Waals surface area contributed by atoms with Crippen molar-refractivity contribution in [2.75, 3.05) is 13.2 Å². The van der Waals surface area contributed by atoms with Gasteiger partial charge in [0.25, 0.3) is 0 Å². The van der Waals surface area contributed by atoms with E-state index in [0.717, 1.165) is 0 Å². The maximum absolute atomic E-state index is 10.1. The summed E-state index contributed by atoms with van der Waals surface area (Å²) in [7, 11) is 0. The van der Waals surface area contributed by atoms with Gasteiger partial charge in [-0.05, 0) is 0 Å². The van der Waals surface area contributed by atoms with Crippen LogP contribution in [0.15, 0.2) is 0 Å². The van der Waals surface area contributed by atoms with Crippen molar-refractivity contribution in [2.45, 2.75) is 61.0 Å². The fourth-order valence-corrected chi connectivity index (χ4v) is 1.73. The first-order valence-electron chi connectivity index (χ1n) is 8.09. The number of rotatable bonds is 12. The predicted molar refractivity (Wildman–Crippen MR) is 97.2 cm³/mol. The average Bonchev–Trinajstić information content (AvgIpc) is 2.73. The van der Waals surface area contributed by atoms with Gasteiger partial charge in [-0.3, -0.25) is 0 Å². The first kappa shape index (κ1) is 42.8. The SMILES string of the molecule is O.O.O=C([O-])[C@H](O)[C@H](O)[C@@H](O)[C@H](O)[C@H](O)CO.O=C([O-])[C@H](O)[C@H](O)[C@@H](O)[C@H](O)[C@H](O)CO.[Ca+2]. The molecule has 0 unspecified atom stereocenters. The van der Waals surface area contributed by atoms with Crippen LogP contribution >= 0.6 is 0 Å². The van der Waals surface area contributed by atoms with Crippen LogP contribution in [-0.2, 0) is 9.59 Å². The number of hydrogen-bond donors (Lipinski definition) is 12. The van der Waals surface area contributed by atoms with Gasteiger partial charge in [0.05, 0.1) is 25.2 Å². The fourth-order valence-electron chi connectivity index (χ4n) is 1.73. The van der Waals surface area contributed by atoms with Gasteiger partial charge in [0.2, 0.25) is 0 Å². The van der Waals surface area contributed by atoms with Gasteiger partial charge in [-0.1, -0.05) is 0 Å². The van der Waals surface area contributed by atoms with E-state index in [1.165, 1.54) is 0 Å². The molecule has 196 valence electrons. The Morgan fingerprint density at radius 3 is 0.879 bits per heavy atom. The summed E-state index contributed by atoms with van der Waals surface area (Å²) >= 11 is 0. The fraction of sp³-hybridized carbons (Fsp3) is 0.857. The number of carbonyl (C=O) groups is 2. The van der Waals surface area contributed by atoms with E-state index in [9.17, 15) is 19.8 Å². The molecular weight excluding hydrogens is 496 g/mol. The molecule has 0 saturated carbocycles. The van der Waals surface area contributed by atoms with Crippen LogP contribution in [-0.4, -0.2) is 196 Å². The third-order valence-corrected chi connectivity index (χ3v) is 3.69. The Kier molecular flexibility index (Phi) is 27.2. The van der Waals surface area contributed by atoms with Crippen LogP contribution < -0.4 is 10.2 Å². The number of aliphatic hydroxyl groups is 12. The molecule has 0 aliphatic rings. The van der Waals surface area contributed by atoms with Crippen molar-refractivity contribution in [3.63, 3.8) is 0 Å². The monoisotopic (exact) mass is 526 g/mol. The van der Waals surface area contributed by atoms with Gasteiger partial charge in [0.1, 0.15) is 61.0 Å². The molecule has 0 rings (SSSR count).